The highest BCUT2D eigenvalue weighted by atomic mass is 35.5. The van der Waals surface area contributed by atoms with Gasteiger partial charge in [0.15, 0.2) is 11.5 Å². The van der Waals surface area contributed by atoms with Crippen LogP contribution in [0.25, 0.3) is 0 Å². The highest BCUT2D eigenvalue weighted by Crippen LogP contribution is 2.38. The summed E-state index contributed by atoms with van der Waals surface area (Å²) in [6.07, 6.45) is 1.77. The van der Waals surface area contributed by atoms with Gasteiger partial charge in [0.05, 0.1) is 5.02 Å². The standard InChI is InChI=1S/C13H8ClNO/c14-10-5-3-4-9-8-15-11-6-1-2-7-12(11)16-13(9)10/h1-8H. The van der Waals surface area contributed by atoms with Crippen LogP contribution in [0.3, 0.4) is 0 Å². The molecule has 78 valence electrons. The Hall–Kier alpha value is -1.80. The number of hydrogen-bond acceptors (Lipinski definition) is 2. The van der Waals surface area contributed by atoms with E-state index in [1.165, 1.54) is 0 Å². The van der Waals surface area contributed by atoms with Crippen LogP contribution >= 0.6 is 11.6 Å². The van der Waals surface area contributed by atoms with E-state index in [-0.39, 0.29) is 0 Å². The second-order valence-electron chi connectivity index (χ2n) is 3.49. The van der Waals surface area contributed by atoms with Gasteiger partial charge in [0.25, 0.3) is 0 Å². The third-order valence-corrected chi connectivity index (χ3v) is 2.72. The highest BCUT2D eigenvalue weighted by Gasteiger charge is 2.13. The molecule has 16 heavy (non-hydrogen) atoms. The van der Waals surface area contributed by atoms with Gasteiger partial charge in [-0.3, -0.25) is 4.99 Å². The lowest BCUT2D eigenvalue weighted by molar-refractivity contribution is 0.485. The number of halogens is 1. The Labute approximate surface area is 98.2 Å². The molecule has 0 aromatic heterocycles. The number of para-hydroxylation sites is 3. The molecule has 3 rings (SSSR count). The van der Waals surface area contributed by atoms with Gasteiger partial charge in [0, 0.05) is 11.8 Å². The number of nitrogens with zero attached hydrogens (tertiary/aromatic N) is 1. The Bertz CT molecular complexity index is 578. The van der Waals surface area contributed by atoms with E-state index in [0.29, 0.717) is 10.8 Å². The lowest BCUT2D eigenvalue weighted by Crippen LogP contribution is -1.88. The topological polar surface area (TPSA) is 21.6 Å². The third kappa shape index (κ3) is 1.48. The summed E-state index contributed by atoms with van der Waals surface area (Å²) in [4.78, 5) is 4.36. The molecule has 0 atom stereocenters. The molecule has 0 saturated heterocycles. The zero-order chi connectivity index (χ0) is 11.0. The smallest absolute Gasteiger partial charge is 0.154 e. The molecule has 2 aromatic carbocycles. The minimum absolute atomic E-state index is 0.598. The maximum absolute atomic E-state index is 6.09. The molecule has 0 fully saturated rings. The fourth-order valence-electron chi connectivity index (χ4n) is 1.63. The first-order chi connectivity index (χ1) is 7.84. The summed E-state index contributed by atoms with van der Waals surface area (Å²) in [5, 5.41) is 0.598. The van der Waals surface area contributed by atoms with Gasteiger partial charge in [-0.05, 0) is 24.3 Å². The maximum Gasteiger partial charge on any atom is 0.154 e. The average molecular weight is 230 g/mol. The summed E-state index contributed by atoms with van der Waals surface area (Å²) < 4.78 is 5.78. The maximum atomic E-state index is 6.09. The van der Waals surface area contributed by atoms with Crippen molar-refractivity contribution in [3.63, 3.8) is 0 Å². The van der Waals surface area contributed by atoms with Crippen molar-refractivity contribution in [3.8, 4) is 11.5 Å². The van der Waals surface area contributed by atoms with Crippen LogP contribution < -0.4 is 4.74 Å². The molecular formula is C13H8ClNO. The van der Waals surface area contributed by atoms with Crippen molar-refractivity contribution >= 4 is 23.5 Å². The Balaban J connectivity index is 2.22. The quantitative estimate of drug-likeness (QED) is 0.566. The van der Waals surface area contributed by atoms with E-state index in [1.54, 1.807) is 6.21 Å². The highest BCUT2D eigenvalue weighted by molar-refractivity contribution is 6.32. The molecular weight excluding hydrogens is 222 g/mol. The summed E-state index contributed by atoms with van der Waals surface area (Å²) >= 11 is 6.09. The van der Waals surface area contributed by atoms with Crippen LogP contribution in [0.2, 0.25) is 5.02 Å². The Morgan fingerprint density at radius 1 is 1.00 bits per heavy atom. The number of hydrogen-bond donors (Lipinski definition) is 0. The molecule has 0 unspecified atom stereocenters. The summed E-state index contributed by atoms with van der Waals surface area (Å²) in [6, 6.07) is 13.2. The van der Waals surface area contributed by atoms with E-state index in [2.05, 4.69) is 4.99 Å². The summed E-state index contributed by atoms with van der Waals surface area (Å²) in [7, 11) is 0. The minimum atomic E-state index is 0.598. The predicted molar refractivity (Wildman–Crippen MR) is 65.2 cm³/mol. The minimum Gasteiger partial charge on any atom is -0.453 e. The van der Waals surface area contributed by atoms with Crippen molar-refractivity contribution in [1.29, 1.82) is 0 Å². The van der Waals surface area contributed by atoms with Crippen molar-refractivity contribution in [2.45, 2.75) is 0 Å². The lowest BCUT2D eigenvalue weighted by atomic mass is 10.2. The Morgan fingerprint density at radius 2 is 1.88 bits per heavy atom. The lowest BCUT2D eigenvalue weighted by Gasteiger charge is -2.08. The predicted octanol–water partition coefficient (Wildman–Crippen LogP) is 4.20. The van der Waals surface area contributed by atoms with Crippen molar-refractivity contribution in [1.82, 2.24) is 0 Å². The van der Waals surface area contributed by atoms with Gasteiger partial charge in [-0.15, -0.1) is 0 Å². The summed E-state index contributed by atoms with van der Waals surface area (Å²) in [6.45, 7) is 0. The SMILES string of the molecule is Clc1cccc2c1Oc1ccccc1N=C2. The van der Waals surface area contributed by atoms with Crippen LogP contribution in [-0.4, -0.2) is 6.21 Å². The van der Waals surface area contributed by atoms with Crippen molar-refractivity contribution in [2.75, 3.05) is 0 Å². The van der Waals surface area contributed by atoms with Crippen LogP contribution in [0.4, 0.5) is 5.69 Å². The van der Waals surface area contributed by atoms with Gasteiger partial charge >= 0.3 is 0 Å². The number of fused-ring (bicyclic) bond motifs is 2. The Morgan fingerprint density at radius 3 is 2.81 bits per heavy atom. The van der Waals surface area contributed by atoms with Gasteiger partial charge in [-0.1, -0.05) is 29.8 Å². The van der Waals surface area contributed by atoms with E-state index in [0.717, 1.165) is 17.0 Å². The monoisotopic (exact) mass is 229 g/mol. The zero-order valence-corrected chi connectivity index (χ0v) is 9.11. The summed E-state index contributed by atoms with van der Waals surface area (Å²) in [5.41, 5.74) is 1.71. The van der Waals surface area contributed by atoms with Crippen LogP contribution in [-0.2, 0) is 0 Å². The molecule has 1 aliphatic rings. The van der Waals surface area contributed by atoms with E-state index in [9.17, 15) is 0 Å². The molecule has 2 aromatic rings. The van der Waals surface area contributed by atoms with Gasteiger partial charge in [0.1, 0.15) is 5.69 Å². The molecule has 0 amide bonds. The molecule has 0 N–H and O–H groups in total. The first-order valence-corrected chi connectivity index (χ1v) is 5.32. The van der Waals surface area contributed by atoms with Crippen molar-refractivity contribution in [2.24, 2.45) is 4.99 Å². The second-order valence-corrected chi connectivity index (χ2v) is 3.89. The van der Waals surface area contributed by atoms with Crippen LogP contribution in [0, 0.1) is 0 Å². The largest absolute Gasteiger partial charge is 0.453 e. The van der Waals surface area contributed by atoms with E-state index in [4.69, 9.17) is 16.3 Å². The molecule has 3 heteroatoms. The second kappa shape index (κ2) is 3.65. The Kier molecular flexibility index (Phi) is 2.15. The number of benzene rings is 2. The zero-order valence-electron chi connectivity index (χ0n) is 8.35. The normalized spacial score (nSPS) is 12.3. The van der Waals surface area contributed by atoms with Gasteiger partial charge in [-0.25, -0.2) is 0 Å². The molecule has 0 bridgehead atoms. The van der Waals surface area contributed by atoms with E-state index >= 15 is 0 Å². The molecule has 0 aliphatic carbocycles. The molecule has 2 nitrogen and oxygen atoms in total. The molecule has 0 radical (unpaired) electrons. The van der Waals surface area contributed by atoms with E-state index in [1.807, 2.05) is 42.5 Å². The van der Waals surface area contributed by atoms with Crippen LogP contribution in [0.5, 0.6) is 11.5 Å². The van der Waals surface area contributed by atoms with Gasteiger partial charge in [-0.2, -0.15) is 0 Å². The fraction of sp³-hybridized carbons (Fsp3) is 0. The molecule has 1 aliphatic heterocycles. The first kappa shape index (κ1) is 9.43. The number of aliphatic imine (C=N–C) groups is 1. The third-order valence-electron chi connectivity index (χ3n) is 2.42. The average Bonchev–Trinajstić information content (AvgIpc) is 2.50. The van der Waals surface area contributed by atoms with Crippen LogP contribution in [0.1, 0.15) is 5.56 Å². The summed E-state index contributed by atoms with van der Waals surface area (Å²) in [5.74, 6) is 1.39. The van der Waals surface area contributed by atoms with Crippen molar-refractivity contribution < 1.29 is 4.74 Å². The number of rotatable bonds is 0. The fourth-order valence-corrected chi connectivity index (χ4v) is 1.85. The molecule has 0 spiro atoms. The van der Waals surface area contributed by atoms with E-state index < -0.39 is 0 Å². The van der Waals surface area contributed by atoms with Crippen LogP contribution in [0.15, 0.2) is 47.5 Å². The van der Waals surface area contributed by atoms with Gasteiger partial charge < -0.3 is 4.74 Å². The molecule has 0 saturated carbocycles. The van der Waals surface area contributed by atoms with Crippen molar-refractivity contribution in [3.05, 3.63) is 53.1 Å². The first-order valence-electron chi connectivity index (χ1n) is 4.94. The number of ether oxygens (including phenoxy) is 1. The molecule has 1 heterocycles. The van der Waals surface area contributed by atoms with Gasteiger partial charge in [0.2, 0.25) is 0 Å².